The number of carbonyl (C=O) groups excluding carboxylic acids is 1. The maximum absolute atomic E-state index is 12.4. The Labute approximate surface area is 133 Å². The molecule has 23 heavy (non-hydrogen) atoms. The highest BCUT2D eigenvalue weighted by Gasteiger charge is 2.35. The summed E-state index contributed by atoms with van der Waals surface area (Å²) in [4.78, 5) is 27.9. The van der Waals surface area contributed by atoms with Crippen molar-refractivity contribution in [2.75, 3.05) is 0 Å². The summed E-state index contributed by atoms with van der Waals surface area (Å²) in [6, 6.07) is 8.97. The molecule has 2 aromatic rings. The first-order valence-corrected chi connectivity index (χ1v) is 7.63. The first-order chi connectivity index (χ1) is 11.1. The zero-order chi connectivity index (χ0) is 16.4. The van der Waals surface area contributed by atoms with E-state index in [9.17, 15) is 14.7 Å². The van der Waals surface area contributed by atoms with Crippen molar-refractivity contribution in [2.24, 2.45) is 5.92 Å². The van der Waals surface area contributed by atoms with Crippen molar-refractivity contribution >= 4 is 11.9 Å². The van der Waals surface area contributed by atoms with Crippen molar-refractivity contribution in [1.29, 1.82) is 0 Å². The van der Waals surface area contributed by atoms with Crippen LogP contribution in [0.15, 0.2) is 34.7 Å². The summed E-state index contributed by atoms with van der Waals surface area (Å²) in [6.07, 6.45) is 2.05. The third-order valence-corrected chi connectivity index (χ3v) is 4.17. The van der Waals surface area contributed by atoms with Gasteiger partial charge in [-0.3, -0.25) is 9.59 Å². The van der Waals surface area contributed by atoms with E-state index in [2.05, 4.69) is 10.3 Å². The zero-order valence-corrected chi connectivity index (χ0v) is 12.8. The van der Waals surface area contributed by atoms with Crippen LogP contribution < -0.4 is 5.32 Å². The molecule has 1 aromatic carbocycles. The first kappa shape index (κ1) is 15.3. The predicted molar refractivity (Wildman–Crippen MR) is 82.9 cm³/mol. The molecular weight excluding hydrogens is 296 g/mol. The van der Waals surface area contributed by atoms with Crippen LogP contribution in [-0.4, -0.2) is 28.0 Å². The summed E-state index contributed by atoms with van der Waals surface area (Å²) >= 11 is 0. The van der Waals surface area contributed by atoms with Gasteiger partial charge >= 0.3 is 5.97 Å². The molecule has 1 aliphatic carbocycles. The van der Waals surface area contributed by atoms with Crippen LogP contribution in [0, 0.1) is 12.8 Å². The highest BCUT2D eigenvalue weighted by atomic mass is 16.4. The lowest BCUT2D eigenvalue weighted by atomic mass is 10.0. The van der Waals surface area contributed by atoms with Crippen molar-refractivity contribution in [3.05, 3.63) is 41.8 Å². The maximum atomic E-state index is 12.4. The summed E-state index contributed by atoms with van der Waals surface area (Å²) in [5.74, 6) is -1.28. The number of carbonyl (C=O) groups is 2. The van der Waals surface area contributed by atoms with Crippen LogP contribution in [0.1, 0.15) is 35.5 Å². The fraction of sp³-hybridized carbons (Fsp3) is 0.353. The summed E-state index contributed by atoms with van der Waals surface area (Å²) in [6.45, 7) is 1.70. The number of aromatic nitrogens is 1. The lowest BCUT2D eigenvalue weighted by Crippen LogP contribution is -2.40. The van der Waals surface area contributed by atoms with Crippen molar-refractivity contribution < 1.29 is 19.1 Å². The molecule has 0 radical (unpaired) electrons. The van der Waals surface area contributed by atoms with E-state index in [0.717, 1.165) is 12.0 Å². The van der Waals surface area contributed by atoms with Gasteiger partial charge in [-0.1, -0.05) is 24.6 Å². The van der Waals surface area contributed by atoms with Gasteiger partial charge in [0.05, 0.1) is 11.6 Å². The van der Waals surface area contributed by atoms with Gasteiger partial charge in [0, 0.05) is 11.6 Å². The SMILES string of the molecule is Cc1nc(-c2ccccc2)oc1C(=O)N[C@@H]1CCC[C@@H]1C(=O)O. The quantitative estimate of drug-likeness (QED) is 0.905. The molecule has 0 spiro atoms. The lowest BCUT2D eigenvalue weighted by molar-refractivity contribution is -0.142. The Morgan fingerprint density at radius 1 is 1.26 bits per heavy atom. The number of aryl methyl sites for hydroxylation is 1. The number of carboxylic acids is 1. The van der Waals surface area contributed by atoms with Gasteiger partial charge in [-0.15, -0.1) is 0 Å². The lowest BCUT2D eigenvalue weighted by Gasteiger charge is -2.16. The normalized spacial score (nSPS) is 20.4. The molecule has 1 heterocycles. The second-order valence-corrected chi connectivity index (χ2v) is 5.76. The van der Waals surface area contributed by atoms with Crippen LogP contribution in [0.3, 0.4) is 0 Å². The molecule has 0 bridgehead atoms. The molecule has 1 amide bonds. The Morgan fingerprint density at radius 2 is 2.00 bits per heavy atom. The first-order valence-electron chi connectivity index (χ1n) is 7.63. The molecule has 120 valence electrons. The van der Waals surface area contributed by atoms with E-state index in [1.54, 1.807) is 6.92 Å². The number of hydrogen-bond donors (Lipinski definition) is 2. The molecule has 1 fully saturated rings. The smallest absolute Gasteiger partial charge is 0.308 e. The Kier molecular flexibility index (Phi) is 4.14. The molecule has 2 atom stereocenters. The summed E-state index contributed by atoms with van der Waals surface area (Å²) in [5, 5.41) is 12.0. The van der Waals surface area contributed by atoms with Gasteiger partial charge in [0.25, 0.3) is 5.91 Å². The molecule has 0 saturated heterocycles. The second-order valence-electron chi connectivity index (χ2n) is 5.76. The van der Waals surface area contributed by atoms with Crippen LogP contribution >= 0.6 is 0 Å². The van der Waals surface area contributed by atoms with Crippen molar-refractivity contribution in [1.82, 2.24) is 10.3 Å². The molecule has 1 aromatic heterocycles. The van der Waals surface area contributed by atoms with E-state index in [-0.39, 0.29) is 11.8 Å². The van der Waals surface area contributed by atoms with Gasteiger partial charge in [0.15, 0.2) is 0 Å². The Balaban J connectivity index is 1.78. The largest absolute Gasteiger partial charge is 0.481 e. The monoisotopic (exact) mass is 314 g/mol. The van der Waals surface area contributed by atoms with Gasteiger partial charge in [0.1, 0.15) is 0 Å². The van der Waals surface area contributed by atoms with Gasteiger partial charge in [-0.05, 0) is 31.9 Å². The van der Waals surface area contributed by atoms with Crippen molar-refractivity contribution in [3.63, 3.8) is 0 Å². The molecule has 1 aliphatic rings. The molecule has 2 N–H and O–H groups in total. The number of amides is 1. The minimum absolute atomic E-state index is 0.139. The number of nitrogens with one attached hydrogen (secondary N) is 1. The number of carboxylic acid groups (broad SMARTS) is 1. The number of benzene rings is 1. The number of nitrogens with zero attached hydrogens (tertiary/aromatic N) is 1. The molecule has 6 heteroatoms. The van der Waals surface area contributed by atoms with Crippen molar-refractivity contribution in [3.8, 4) is 11.5 Å². The minimum Gasteiger partial charge on any atom is -0.481 e. The van der Waals surface area contributed by atoms with E-state index in [1.165, 1.54) is 0 Å². The average molecular weight is 314 g/mol. The zero-order valence-electron chi connectivity index (χ0n) is 12.8. The van der Waals surface area contributed by atoms with Gasteiger partial charge in [-0.25, -0.2) is 4.98 Å². The maximum Gasteiger partial charge on any atom is 0.308 e. The third kappa shape index (κ3) is 3.11. The van der Waals surface area contributed by atoms with Crippen LogP contribution in [0.5, 0.6) is 0 Å². The molecule has 6 nitrogen and oxygen atoms in total. The van der Waals surface area contributed by atoms with Crippen LogP contribution in [0.25, 0.3) is 11.5 Å². The standard InChI is InChI=1S/C17H18N2O4/c1-10-14(23-16(18-10)11-6-3-2-4-7-11)15(20)19-13-9-5-8-12(13)17(21)22/h2-4,6-7,12-13H,5,8-9H2,1H3,(H,19,20)(H,21,22)/t12-,13+/m0/s1. The van der Waals surface area contributed by atoms with E-state index in [4.69, 9.17) is 4.42 Å². The highest BCUT2D eigenvalue weighted by molar-refractivity contribution is 5.93. The van der Waals surface area contributed by atoms with Gasteiger partial charge < -0.3 is 14.8 Å². The van der Waals surface area contributed by atoms with E-state index >= 15 is 0 Å². The van der Waals surface area contributed by atoms with Crippen LogP contribution in [-0.2, 0) is 4.79 Å². The fourth-order valence-corrected chi connectivity index (χ4v) is 2.97. The summed E-state index contributed by atoms with van der Waals surface area (Å²) in [7, 11) is 0. The number of rotatable bonds is 4. The van der Waals surface area contributed by atoms with E-state index in [1.807, 2.05) is 30.3 Å². The molecule has 1 saturated carbocycles. The Morgan fingerprint density at radius 3 is 2.70 bits per heavy atom. The molecule has 0 aliphatic heterocycles. The van der Waals surface area contributed by atoms with E-state index < -0.39 is 17.8 Å². The summed E-state index contributed by atoms with van der Waals surface area (Å²) in [5.41, 5.74) is 1.28. The average Bonchev–Trinajstić information content (AvgIpc) is 3.14. The number of oxazole rings is 1. The predicted octanol–water partition coefficient (Wildman–Crippen LogP) is 2.63. The van der Waals surface area contributed by atoms with Crippen molar-refractivity contribution in [2.45, 2.75) is 32.2 Å². The third-order valence-electron chi connectivity index (χ3n) is 4.17. The number of aliphatic carboxylic acids is 1. The topological polar surface area (TPSA) is 92.4 Å². The summed E-state index contributed by atoms with van der Waals surface area (Å²) < 4.78 is 5.60. The van der Waals surface area contributed by atoms with Gasteiger partial charge in [-0.2, -0.15) is 0 Å². The fourth-order valence-electron chi connectivity index (χ4n) is 2.97. The Hall–Kier alpha value is -2.63. The van der Waals surface area contributed by atoms with Gasteiger partial charge in [0.2, 0.25) is 11.7 Å². The Bertz CT molecular complexity index is 723. The second kappa shape index (κ2) is 6.24. The minimum atomic E-state index is -0.868. The van der Waals surface area contributed by atoms with E-state index in [0.29, 0.717) is 24.4 Å². The van der Waals surface area contributed by atoms with Crippen LogP contribution in [0.4, 0.5) is 0 Å². The molecule has 3 rings (SSSR count). The molecular formula is C17H18N2O4. The number of hydrogen-bond acceptors (Lipinski definition) is 4. The molecule has 0 unspecified atom stereocenters. The van der Waals surface area contributed by atoms with Crippen LogP contribution in [0.2, 0.25) is 0 Å². The highest BCUT2D eigenvalue weighted by Crippen LogP contribution is 2.27.